The van der Waals surface area contributed by atoms with E-state index in [-0.39, 0.29) is 19.8 Å². The van der Waals surface area contributed by atoms with Crippen molar-refractivity contribution >= 4 is 23.8 Å². The predicted octanol–water partition coefficient (Wildman–Crippen LogP) is 1.57. The van der Waals surface area contributed by atoms with E-state index >= 15 is 0 Å². The molecule has 22 heavy (non-hydrogen) atoms. The van der Waals surface area contributed by atoms with E-state index < -0.39 is 18.1 Å². The zero-order valence-corrected chi connectivity index (χ0v) is 13.3. The quantitative estimate of drug-likeness (QED) is 0.670. The van der Waals surface area contributed by atoms with E-state index in [0.717, 1.165) is 5.56 Å². The molecule has 0 aromatic heterocycles. The van der Waals surface area contributed by atoms with Gasteiger partial charge in [-0.3, -0.25) is 0 Å². The number of nitrogens with one attached hydrogen (secondary N) is 1. The minimum Gasteiger partial charge on any atom is -0.462 e. The second-order valence-corrected chi connectivity index (χ2v) is 5.42. The Morgan fingerprint density at radius 2 is 2.00 bits per heavy atom. The van der Waals surface area contributed by atoms with Gasteiger partial charge < -0.3 is 19.9 Å². The van der Waals surface area contributed by atoms with E-state index in [1.165, 1.54) is 0 Å². The maximum absolute atomic E-state index is 11.8. The van der Waals surface area contributed by atoms with Gasteiger partial charge >= 0.3 is 12.1 Å². The van der Waals surface area contributed by atoms with Gasteiger partial charge in [-0.15, -0.1) is 0 Å². The number of carbonyl (C=O) groups excluding carboxylic acids is 2. The molecule has 0 fully saturated rings. The van der Waals surface area contributed by atoms with E-state index in [0.29, 0.717) is 12.2 Å². The van der Waals surface area contributed by atoms with E-state index in [2.05, 4.69) is 5.32 Å². The summed E-state index contributed by atoms with van der Waals surface area (Å²) in [7, 11) is 0. The summed E-state index contributed by atoms with van der Waals surface area (Å²) in [6.45, 7) is -0.206. The van der Waals surface area contributed by atoms with Crippen molar-refractivity contribution in [3.05, 3.63) is 35.9 Å². The van der Waals surface area contributed by atoms with Crippen LogP contribution in [-0.2, 0) is 20.9 Å². The van der Waals surface area contributed by atoms with Crippen LogP contribution in [0.2, 0.25) is 0 Å². The van der Waals surface area contributed by atoms with Crippen molar-refractivity contribution in [2.75, 3.05) is 25.2 Å². The summed E-state index contributed by atoms with van der Waals surface area (Å²) in [4.78, 5) is 23.6. The molecule has 0 bridgehead atoms. The standard InChI is InChI=1S/C15H21NO5S/c1-22-10-7-13(14(18)20-9-8-17)16-15(19)21-11-12-5-3-2-4-6-12/h2-6,13,17H,7-11H2,1H3,(H,16,19)/t13-/m0/s1. The largest absolute Gasteiger partial charge is 0.462 e. The number of ether oxygens (including phenoxy) is 2. The monoisotopic (exact) mass is 327 g/mol. The number of rotatable bonds is 9. The zero-order valence-electron chi connectivity index (χ0n) is 12.5. The summed E-state index contributed by atoms with van der Waals surface area (Å²) < 4.78 is 9.92. The van der Waals surface area contributed by atoms with E-state index in [1.807, 2.05) is 36.6 Å². The second kappa shape index (κ2) is 10.9. The van der Waals surface area contributed by atoms with Crippen LogP contribution in [0.4, 0.5) is 4.79 Å². The maximum atomic E-state index is 11.8. The third-order valence-electron chi connectivity index (χ3n) is 2.74. The molecule has 1 aromatic rings. The molecule has 122 valence electrons. The van der Waals surface area contributed by atoms with E-state index in [4.69, 9.17) is 14.6 Å². The van der Waals surface area contributed by atoms with Crippen LogP contribution in [0.15, 0.2) is 30.3 Å². The molecule has 0 heterocycles. The zero-order chi connectivity index (χ0) is 16.2. The molecule has 0 spiro atoms. The molecule has 0 saturated heterocycles. The number of thioether (sulfide) groups is 1. The molecule has 0 unspecified atom stereocenters. The summed E-state index contributed by atoms with van der Waals surface area (Å²) in [6.07, 6.45) is 1.67. The highest BCUT2D eigenvalue weighted by molar-refractivity contribution is 7.98. The molecule has 0 radical (unpaired) electrons. The number of benzene rings is 1. The average Bonchev–Trinajstić information content (AvgIpc) is 2.55. The van der Waals surface area contributed by atoms with Gasteiger partial charge in [0.05, 0.1) is 6.61 Å². The number of carbonyl (C=O) groups is 2. The van der Waals surface area contributed by atoms with Gasteiger partial charge in [0.25, 0.3) is 0 Å². The Hall–Kier alpha value is -1.73. The molecule has 1 rings (SSSR count). The number of hydrogen-bond donors (Lipinski definition) is 2. The van der Waals surface area contributed by atoms with E-state index in [9.17, 15) is 9.59 Å². The highest BCUT2D eigenvalue weighted by Crippen LogP contribution is 2.05. The molecule has 1 atom stereocenters. The normalized spacial score (nSPS) is 11.5. The highest BCUT2D eigenvalue weighted by Gasteiger charge is 2.22. The van der Waals surface area contributed by atoms with Crippen LogP contribution in [0.1, 0.15) is 12.0 Å². The number of alkyl carbamates (subject to hydrolysis) is 1. The van der Waals surface area contributed by atoms with Crippen molar-refractivity contribution in [2.24, 2.45) is 0 Å². The Bertz CT molecular complexity index is 455. The first-order valence-electron chi connectivity index (χ1n) is 6.91. The molecule has 6 nitrogen and oxygen atoms in total. The fourth-order valence-corrected chi connectivity index (χ4v) is 2.11. The van der Waals surface area contributed by atoms with Crippen LogP contribution in [0.25, 0.3) is 0 Å². The molecule has 0 aliphatic heterocycles. The fourth-order valence-electron chi connectivity index (χ4n) is 1.64. The molecule has 0 saturated carbocycles. The Labute approximate surface area is 134 Å². The van der Waals surface area contributed by atoms with Gasteiger partial charge in [-0.1, -0.05) is 30.3 Å². The summed E-state index contributed by atoms with van der Waals surface area (Å²) >= 11 is 1.56. The number of hydrogen-bond acceptors (Lipinski definition) is 6. The summed E-state index contributed by atoms with van der Waals surface area (Å²) in [5.74, 6) is 0.123. The predicted molar refractivity (Wildman–Crippen MR) is 84.6 cm³/mol. The van der Waals surface area contributed by atoms with Gasteiger partial charge in [0.1, 0.15) is 19.3 Å². The van der Waals surface area contributed by atoms with Gasteiger partial charge in [0, 0.05) is 0 Å². The van der Waals surface area contributed by atoms with E-state index in [1.54, 1.807) is 11.8 Å². The lowest BCUT2D eigenvalue weighted by Crippen LogP contribution is -2.42. The van der Waals surface area contributed by atoms with Gasteiger partial charge in [0.15, 0.2) is 0 Å². The topological polar surface area (TPSA) is 84.9 Å². The van der Waals surface area contributed by atoms with Gasteiger partial charge in [-0.05, 0) is 24.0 Å². The van der Waals surface area contributed by atoms with Gasteiger partial charge in [-0.2, -0.15) is 11.8 Å². The SMILES string of the molecule is CSCC[C@H](NC(=O)OCc1ccccc1)C(=O)OCCO. The number of amides is 1. The van der Waals surface area contributed by atoms with Crippen molar-refractivity contribution < 1.29 is 24.2 Å². The van der Waals surface area contributed by atoms with Gasteiger partial charge in [0.2, 0.25) is 0 Å². The molecule has 1 amide bonds. The van der Waals surface area contributed by atoms with Crippen LogP contribution in [0.5, 0.6) is 0 Å². The number of aliphatic hydroxyl groups excluding tert-OH is 1. The molecular formula is C15H21NO5S. The average molecular weight is 327 g/mol. The maximum Gasteiger partial charge on any atom is 0.408 e. The summed E-state index contributed by atoms with van der Waals surface area (Å²) in [6, 6.07) is 8.48. The smallest absolute Gasteiger partial charge is 0.408 e. The number of esters is 1. The summed E-state index contributed by atoms with van der Waals surface area (Å²) in [5, 5.41) is 11.2. The Morgan fingerprint density at radius 1 is 1.27 bits per heavy atom. The fraction of sp³-hybridized carbons (Fsp3) is 0.467. The van der Waals surface area contributed by atoms with Crippen LogP contribution >= 0.6 is 11.8 Å². The summed E-state index contributed by atoms with van der Waals surface area (Å²) in [5.41, 5.74) is 0.862. The van der Waals surface area contributed by atoms with Crippen molar-refractivity contribution in [2.45, 2.75) is 19.1 Å². The minimum atomic E-state index is -0.776. The van der Waals surface area contributed by atoms with Crippen molar-refractivity contribution in [1.82, 2.24) is 5.32 Å². The van der Waals surface area contributed by atoms with Crippen LogP contribution < -0.4 is 5.32 Å². The molecular weight excluding hydrogens is 306 g/mol. The van der Waals surface area contributed by atoms with Crippen molar-refractivity contribution in [3.8, 4) is 0 Å². The Balaban J connectivity index is 2.45. The molecule has 2 N–H and O–H groups in total. The number of aliphatic hydroxyl groups is 1. The first-order chi connectivity index (χ1) is 10.7. The van der Waals surface area contributed by atoms with Gasteiger partial charge in [-0.25, -0.2) is 9.59 Å². The van der Waals surface area contributed by atoms with Crippen molar-refractivity contribution in [1.29, 1.82) is 0 Å². The molecule has 0 aliphatic carbocycles. The lowest BCUT2D eigenvalue weighted by Gasteiger charge is -2.17. The minimum absolute atomic E-state index is 0.0880. The molecule has 1 aromatic carbocycles. The Morgan fingerprint density at radius 3 is 2.64 bits per heavy atom. The molecule has 7 heteroatoms. The lowest BCUT2D eigenvalue weighted by molar-refractivity contribution is -0.147. The first kappa shape index (κ1) is 18.3. The molecule has 0 aliphatic rings. The lowest BCUT2D eigenvalue weighted by atomic mass is 10.2. The van der Waals surface area contributed by atoms with Crippen molar-refractivity contribution in [3.63, 3.8) is 0 Å². The third kappa shape index (κ3) is 7.33. The van der Waals surface area contributed by atoms with Crippen LogP contribution in [-0.4, -0.2) is 48.4 Å². The highest BCUT2D eigenvalue weighted by atomic mass is 32.2. The first-order valence-corrected chi connectivity index (χ1v) is 8.30. The van der Waals surface area contributed by atoms with Crippen LogP contribution in [0, 0.1) is 0 Å². The third-order valence-corrected chi connectivity index (χ3v) is 3.38. The Kier molecular flexibility index (Phi) is 9.09. The van der Waals surface area contributed by atoms with Crippen LogP contribution in [0.3, 0.4) is 0 Å². The second-order valence-electron chi connectivity index (χ2n) is 4.43.